The summed E-state index contributed by atoms with van der Waals surface area (Å²) < 4.78 is 5.98. The molecular weight excluding hydrogens is 332 g/mol. The van der Waals surface area contributed by atoms with Crippen LogP contribution in [0.3, 0.4) is 0 Å². The van der Waals surface area contributed by atoms with Gasteiger partial charge in [-0.15, -0.1) is 0 Å². The molecular formula is C17H23ClN2O4. The maximum absolute atomic E-state index is 12.3. The van der Waals surface area contributed by atoms with Gasteiger partial charge in [-0.25, -0.2) is 4.79 Å². The zero-order valence-electron chi connectivity index (χ0n) is 13.9. The van der Waals surface area contributed by atoms with Crippen LogP contribution < -0.4 is 10.1 Å². The van der Waals surface area contributed by atoms with Gasteiger partial charge in [0, 0.05) is 18.6 Å². The van der Waals surface area contributed by atoms with Gasteiger partial charge in [-0.3, -0.25) is 4.79 Å². The Hall–Kier alpha value is -1.95. The van der Waals surface area contributed by atoms with Gasteiger partial charge < -0.3 is 20.1 Å². The number of nitrogens with one attached hydrogen (secondary N) is 1. The Balaban J connectivity index is 2.05. The van der Waals surface area contributed by atoms with Crippen molar-refractivity contribution in [1.82, 2.24) is 4.90 Å². The van der Waals surface area contributed by atoms with Crippen molar-refractivity contribution in [2.45, 2.75) is 38.7 Å². The molecule has 0 spiro atoms. The number of carboxylic acid groups (broad SMARTS) is 1. The third-order valence-corrected chi connectivity index (χ3v) is 4.33. The number of carboxylic acids is 1. The quantitative estimate of drug-likeness (QED) is 0.813. The number of carbonyl (C=O) groups is 2. The lowest BCUT2D eigenvalue weighted by Crippen LogP contribution is -2.36. The van der Waals surface area contributed by atoms with Crippen molar-refractivity contribution < 1.29 is 19.4 Å². The average Bonchev–Trinajstić information content (AvgIpc) is 3.02. The number of aliphatic carboxylic acids is 1. The number of rotatable bonds is 6. The number of ether oxygens (including phenoxy) is 1. The van der Waals surface area contributed by atoms with Gasteiger partial charge in [-0.1, -0.05) is 18.5 Å². The molecule has 1 aromatic rings. The van der Waals surface area contributed by atoms with Crippen LogP contribution in [0.2, 0.25) is 5.02 Å². The molecule has 1 aliphatic carbocycles. The first-order chi connectivity index (χ1) is 11.4. The van der Waals surface area contributed by atoms with E-state index in [-0.39, 0.29) is 12.6 Å². The fourth-order valence-electron chi connectivity index (χ4n) is 2.67. The maximum atomic E-state index is 12.3. The maximum Gasteiger partial charge on any atom is 0.321 e. The largest absolute Gasteiger partial charge is 0.488 e. The molecule has 0 heterocycles. The van der Waals surface area contributed by atoms with E-state index in [4.69, 9.17) is 21.4 Å². The molecule has 0 aromatic heterocycles. The predicted molar refractivity (Wildman–Crippen MR) is 92.8 cm³/mol. The van der Waals surface area contributed by atoms with Crippen LogP contribution in [0.4, 0.5) is 10.5 Å². The minimum Gasteiger partial charge on any atom is -0.488 e. The molecule has 132 valence electrons. The van der Waals surface area contributed by atoms with E-state index in [9.17, 15) is 9.59 Å². The van der Waals surface area contributed by atoms with Gasteiger partial charge in [0.1, 0.15) is 5.75 Å². The average molecular weight is 355 g/mol. The highest BCUT2D eigenvalue weighted by Crippen LogP contribution is 2.32. The second-order valence-corrected chi connectivity index (χ2v) is 6.65. The van der Waals surface area contributed by atoms with E-state index in [1.54, 1.807) is 32.2 Å². The molecule has 1 saturated carbocycles. The number of halogens is 1. The van der Waals surface area contributed by atoms with Crippen molar-refractivity contribution in [2.75, 3.05) is 18.9 Å². The lowest BCUT2D eigenvalue weighted by Gasteiger charge is -2.22. The first-order valence-corrected chi connectivity index (χ1v) is 8.45. The number of hydrogen-bond acceptors (Lipinski definition) is 3. The second kappa shape index (κ2) is 8.24. The molecule has 0 aliphatic heterocycles. The second-order valence-electron chi connectivity index (χ2n) is 6.21. The number of nitrogens with zero attached hydrogens (tertiary/aromatic N) is 1. The highest BCUT2D eigenvalue weighted by Gasteiger charge is 2.21. The molecule has 24 heavy (non-hydrogen) atoms. The molecule has 1 aromatic carbocycles. The normalized spacial score (nSPS) is 15.8. The third kappa shape index (κ3) is 5.03. The van der Waals surface area contributed by atoms with Crippen LogP contribution in [-0.2, 0) is 4.79 Å². The Bertz CT molecular complexity index is 602. The molecule has 1 atom stereocenters. The monoisotopic (exact) mass is 354 g/mol. The van der Waals surface area contributed by atoms with Gasteiger partial charge in [-0.05, 0) is 43.9 Å². The van der Waals surface area contributed by atoms with Gasteiger partial charge in [0.25, 0.3) is 0 Å². The highest BCUT2D eigenvalue weighted by atomic mass is 35.5. The summed E-state index contributed by atoms with van der Waals surface area (Å²) in [7, 11) is 1.55. The molecule has 0 saturated heterocycles. The van der Waals surface area contributed by atoms with Crippen molar-refractivity contribution in [3.63, 3.8) is 0 Å². The minimum atomic E-state index is -0.942. The number of amides is 2. The number of hydrogen-bond donors (Lipinski definition) is 2. The van der Waals surface area contributed by atoms with Crippen molar-refractivity contribution in [1.29, 1.82) is 0 Å². The van der Waals surface area contributed by atoms with Crippen molar-refractivity contribution >= 4 is 29.3 Å². The first-order valence-electron chi connectivity index (χ1n) is 8.08. The Morgan fingerprint density at radius 1 is 1.42 bits per heavy atom. The van der Waals surface area contributed by atoms with Crippen LogP contribution in [-0.4, -0.2) is 41.7 Å². The van der Waals surface area contributed by atoms with Gasteiger partial charge in [0.2, 0.25) is 0 Å². The molecule has 2 amide bonds. The standard InChI is InChI=1S/C17H23ClN2O4/c1-11(16(21)22)10-20(2)17(23)19-14-9-12(18)7-8-15(14)24-13-5-3-4-6-13/h7-9,11,13H,3-6,10H2,1-2H3,(H,19,23)(H,21,22). The van der Waals surface area contributed by atoms with Crippen molar-refractivity contribution in [3.8, 4) is 5.75 Å². The summed E-state index contributed by atoms with van der Waals surface area (Å²) in [6.07, 6.45) is 4.47. The SMILES string of the molecule is CC(CN(C)C(=O)Nc1cc(Cl)ccc1OC1CCCC1)C(=O)O. The van der Waals surface area contributed by atoms with Crippen LogP contribution >= 0.6 is 11.6 Å². The lowest BCUT2D eigenvalue weighted by molar-refractivity contribution is -0.141. The number of benzene rings is 1. The summed E-state index contributed by atoms with van der Waals surface area (Å²) in [4.78, 5) is 24.5. The smallest absolute Gasteiger partial charge is 0.321 e. The number of urea groups is 1. The van der Waals surface area contributed by atoms with Crippen molar-refractivity contribution in [3.05, 3.63) is 23.2 Å². The van der Waals surface area contributed by atoms with Crippen LogP contribution in [0, 0.1) is 5.92 Å². The summed E-state index contributed by atoms with van der Waals surface area (Å²) in [6.45, 7) is 1.67. The van der Waals surface area contributed by atoms with Crippen LogP contribution in [0.1, 0.15) is 32.6 Å². The summed E-state index contributed by atoms with van der Waals surface area (Å²) in [5.74, 6) is -1.00. The molecule has 1 fully saturated rings. The highest BCUT2D eigenvalue weighted by molar-refractivity contribution is 6.31. The molecule has 6 nitrogen and oxygen atoms in total. The van der Waals surface area contributed by atoms with E-state index in [1.165, 1.54) is 4.90 Å². The summed E-state index contributed by atoms with van der Waals surface area (Å²) in [5.41, 5.74) is 0.495. The zero-order valence-corrected chi connectivity index (χ0v) is 14.7. The van der Waals surface area contributed by atoms with Crippen LogP contribution in [0.15, 0.2) is 18.2 Å². The first kappa shape index (κ1) is 18.4. The Morgan fingerprint density at radius 3 is 2.71 bits per heavy atom. The van der Waals surface area contributed by atoms with E-state index >= 15 is 0 Å². The molecule has 2 N–H and O–H groups in total. The Kier molecular flexibility index (Phi) is 6.31. The summed E-state index contributed by atoms with van der Waals surface area (Å²) in [6, 6.07) is 4.70. The molecule has 7 heteroatoms. The van der Waals surface area contributed by atoms with Crippen molar-refractivity contribution in [2.24, 2.45) is 5.92 Å². The molecule has 1 unspecified atom stereocenters. The van der Waals surface area contributed by atoms with Crippen LogP contribution in [0.25, 0.3) is 0 Å². The number of carbonyl (C=O) groups excluding carboxylic acids is 1. The summed E-state index contributed by atoms with van der Waals surface area (Å²) in [5, 5.41) is 12.2. The van der Waals surface area contributed by atoms with E-state index < -0.39 is 17.9 Å². The van der Waals surface area contributed by atoms with Gasteiger partial charge in [0.15, 0.2) is 0 Å². The van der Waals surface area contributed by atoms with Crippen LogP contribution in [0.5, 0.6) is 5.75 Å². The lowest BCUT2D eigenvalue weighted by atomic mass is 10.2. The van der Waals surface area contributed by atoms with E-state index in [0.29, 0.717) is 16.5 Å². The number of anilines is 1. The molecule has 2 rings (SSSR count). The molecule has 0 radical (unpaired) electrons. The minimum absolute atomic E-state index is 0.112. The van der Waals surface area contributed by atoms with E-state index in [2.05, 4.69) is 5.32 Å². The predicted octanol–water partition coefficient (Wildman–Crippen LogP) is 3.85. The Morgan fingerprint density at radius 2 is 2.08 bits per heavy atom. The van der Waals surface area contributed by atoms with Gasteiger partial charge in [0.05, 0.1) is 17.7 Å². The van der Waals surface area contributed by atoms with E-state index in [0.717, 1.165) is 25.7 Å². The third-order valence-electron chi connectivity index (χ3n) is 4.10. The Labute approximate surface area is 146 Å². The van der Waals surface area contributed by atoms with E-state index in [1.807, 2.05) is 0 Å². The van der Waals surface area contributed by atoms with Gasteiger partial charge in [-0.2, -0.15) is 0 Å². The fourth-order valence-corrected chi connectivity index (χ4v) is 2.84. The molecule has 1 aliphatic rings. The molecule has 0 bridgehead atoms. The van der Waals surface area contributed by atoms with Gasteiger partial charge >= 0.3 is 12.0 Å². The zero-order chi connectivity index (χ0) is 17.7. The fraction of sp³-hybridized carbons (Fsp3) is 0.529. The topological polar surface area (TPSA) is 78.9 Å². The summed E-state index contributed by atoms with van der Waals surface area (Å²) >= 11 is 6.02.